The minimum Gasteiger partial charge on any atom is -0.490 e. The van der Waals surface area contributed by atoms with E-state index in [4.69, 9.17) is 14.5 Å². The Morgan fingerprint density at radius 1 is 1.36 bits per heavy atom. The second-order valence-electron chi connectivity index (χ2n) is 11.0. The van der Waals surface area contributed by atoms with Gasteiger partial charge >= 0.3 is 0 Å². The van der Waals surface area contributed by atoms with Gasteiger partial charge in [-0.1, -0.05) is 26.0 Å². The van der Waals surface area contributed by atoms with Crippen LogP contribution in [0.25, 0.3) is 6.08 Å². The van der Waals surface area contributed by atoms with Crippen molar-refractivity contribution in [3.8, 4) is 5.75 Å². The number of aromatic nitrogens is 2. The number of carbonyl (C=O) groups excluding carboxylic acids is 1. The molecule has 1 aromatic heterocycles. The molecule has 1 fully saturated rings. The zero-order chi connectivity index (χ0) is 30.5. The lowest BCUT2D eigenvalue weighted by Crippen LogP contribution is -2.36. The topological polar surface area (TPSA) is 69.0 Å². The molecule has 7 nitrogen and oxygen atoms in total. The quantitative estimate of drug-likeness (QED) is 0.110. The second-order valence-corrected chi connectivity index (χ2v) is 11.0. The second kappa shape index (κ2) is 16.9. The molecule has 3 atom stereocenters. The maximum Gasteiger partial charge on any atom is 0.167 e. The van der Waals surface area contributed by atoms with Gasteiger partial charge in [-0.25, -0.2) is 13.8 Å². The number of hydrogen-bond donors (Lipinski definition) is 0. The molecule has 1 aromatic carbocycles. The number of nitrogens with zero attached hydrogens (tertiary/aromatic N) is 4. The summed E-state index contributed by atoms with van der Waals surface area (Å²) in [7, 11) is 0. The number of imidazole rings is 1. The van der Waals surface area contributed by atoms with Crippen molar-refractivity contribution in [3.05, 3.63) is 77.5 Å². The van der Waals surface area contributed by atoms with Gasteiger partial charge in [0.05, 0.1) is 37.7 Å². The van der Waals surface area contributed by atoms with E-state index < -0.39 is 11.6 Å². The number of allylic oxidation sites excluding steroid dienone is 3. The minimum absolute atomic E-state index is 0.0127. The van der Waals surface area contributed by atoms with Gasteiger partial charge in [0.2, 0.25) is 0 Å². The number of aldehydes is 1. The van der Waals surface area contributed by atoms with Crippen LogP contribution in [0.5, 0.6) is 5.75 Å². The van der Waals surface area contributed by atoms with Crippen LogP contribution < -0.4 is 4.74 Å². The zero-order valence-corrected chi connectivity index (χ0v) is 25.3. The van der Waals surface area contributed by atoms with Gasteiger partial charge in [0.25, 0.3) is 0 Å². The summed E-state index contributed by atoms with van der Waals surface area (Å²) in [6.07, 6.45) is 13.3. The highest BCUT2D eigenvalue weighted by atomic mass is 19.1. The third-order valence-corrected chi connectivity index (χ3v) is 7.44. The van der Waals surface area contributed by atoms with Crippen LogP contribution in [0.3, 0.4) is 0 Å². The van der Waals surface area contributed by atoms with Crippen molar-refractivity contribution < 1.29 is 23.0 Å². The number of hydrogen-bond acceptors (Lipinski definition) is 6. The summed E-state index contributed by atoms with van der Waals surface area (Å²) in [5.74, 6) is 0.100. The first-order valence-electron chi connectivity index (χ1n) is 14.7. The highest BCUT2D eigenvalue weighted by molar-refractivity contribution is 5.73. The maximum atomic E-state index is 13.7. The molecule has 0 amide bonds. The predicted octanol–water partition coefficient (Wildman–Crippen LogP) is 6.79. The third-order valence-electron chi connectivity index (χ3n) is 7.44. The van der Waals surface area contributed by atoms with Gasteiger partial charge in [-0.05, 0) is 75.9 Å². The SMILES string of the molecule is C=C(CCOc1ccc(F)cc1F)N=C/C=C(\C)CC(C)C[C@H](C)N(CC)Cc1ncc(/C=C/C=O)n1C[C@@H]1CCO1. The molecule has 9 heteroatoms. The summed E-state index contributed by atoms with van der Waals surface area (Å²) < 4.78 is 39.9. The van der Waals surface area contributed by atoms with Gasteiger partial charge in [0.15, 0.2) is 11.6 Å². The van der Waals surface area contributed by atoms with Gasteiger partial charge in [-0.15, -0.1) is 0 Å². The average Bonchev–Trinajstić information content (AvgIpc) is 3.29. The van der Waals surface area contributed by atoms with Crippen LogP contribution in [0.1, 0.15) is 64.9 Å². The Labute approximate surface area is 248 Å². The normalized spacial score (nSPS) is 17.1. The number of aliphatic imine (C=N–C) groups is 1. The molecule has 1 saturated heterocycles. The fraction of sp³-hybridized carbons (Fsp3) is 0.485. The molecule has 0 radical (unpaired) electrons. The molecular formula is C33H44F2N4O3. The fourth-order valence-corrected chi connectivity index (χ4v) is 5.07. The summed E-state index contributed by atoms with van der Waals surface area (Å²) >= 11 is 0. The lowest BCUT2D eigenvalue weighted by atomic mass is 9.94. The molecule has 228 valence electrons. The molecule has 1 aliphatic rings. The summed E-state index contributed by atoms with van der Waals surface area (Å²) in [4.78, 5) is 22.4. The van der Waals surface area contributed by atoms with Crippen molar-refractivity contribution in [2.45, 2.75) is 78.6 Å². The van der Waals surface area contributed by atoms with E-state index in [0.717, 1.165) is 75.4 Å². The Balaban J connectivity index is 1.47. The van der Waals surface area contributed by atoms with Crippen molar-refractivity contribution in [3.63, 3.8) is 0 Å². The average molecular weight is 583 g/mol. The molecule has 2 heterocycles. The van der Waals surface area contributed by atoms with Crippen LogP contribution in [0.2, 0.25) is 0 Å². The first kappa shape index (κ1) is 33.1. The van der Waals surface area contributed by atoms with E-state index in [1.54, 1.807) is 12.3 Å². The molecule has 2 aromatic rings. The molecule has 1 aliphatic heterocycles. The van der Waals surface area contributed by atoms with Crippen molar-refractivity contribution in [2.24, 2.45) is 10.9 Å². The van der Waals surface area contributed by atoms with Crippen LogP contribution in [0.4, 0.5) is 8.78 Å². The Morgan fingerprint density at radius 3 is 2.81 bits per heavy atom. The highest BCUT2D eigenvalue weighted by Gasteiger charge is 2.23. The summed E-state index contributed by atoms with van der Waals surface area (Å²) in [5, 5.41) is 0. The number of benzene rings is 1. The van der Waals surface area contributed by atoms with Crippen LogP contribution in [0.15, 0.2) is 59.4 Å². The lowest BCUT2D eigenvalue weighted by molar-refractivity contribution is -0.104. The van der Waals surface area contributed by atoms with Gasteiger partial charge in [-0.3, -0.25) is 14.7 Å². The largest absolute Gasteiger partial charge is 0.490 e. The number of carbonyl (C=O) groups is 1. The van der Waals surface area contributed by atoms with E-state index in [2.05, 4.69) is 48.7 Å². The number of rotatable bonds is 18. The number of halogens is 2. The maximum absolute atomic E-state index is 13.7. The highest BCUT2D eigenvalue weighted by Crippen LogP contribution is 2.23. The standard InChI is InChI=1S/C33H44F2N4O3/c1-6-38(23-33-37-21-29(8-7-15-40)39(33)22-30-13-17-41-30)27(5)19-25(3)18-24(2)11-14-36-26(4)12-16-42-32-10-9-28(34)20-31(32)35/h7-11,14-15,20-21,25,27,30H,4,6,12-13,16-19,22-23H2,1-3,5H3/b8-7+,24-11+,36-14?/t25?,27-,30-/m0/s1. The Hall–Kier alpha value is -3.43. The van der Waals surface area contributed by atoms with E-state index in [9.17, 15) is 13.6 Å². The molecule has 3 rings (SSSR count). The molecule has 0 N–H and O–H groups in total. The van der Waals surface area contributed by atoms with Gasteiger partial charge in [-0.2, -0.15) is 0 Å². The monoisotopic (exact) mass is 582 g/mol. The Kier molecular flexibility index (Phi) is 13.3. The van der Waals surface area contributed by atoms with E-state index in [-0.39, 0.29) is 18.5 Å². The van der Waals surface area contributed by atoms with Crippen molar-refractivity contribution >= 4 is 18.6 Å². The molecule has 1 unspecified atom stereocenters. The Morgan fingerprint density at radius 2 is 2.14 bits per heavy atom. The lowest BCUT2D eigenvalue weighted by Gasteiger charge is -2.31. The van der Waals surface area contributed by atoms with Crippen LogP contribution in [-0.4, -0.2) is 58.9 Å². The summed E-state index contributed by atoms with van der Waals surface area (Å²) in [6.45, 7) is 16.1. The molecule has 0 saturated carbocycles. The summed E-state index contributed by atoms with van der Waals surface area (Å²) in [6, 6.07) is 3.59. The van der Waals surface area contributed by atoms with Crippen LogP contribution in [-0.2, 0) is 22.6 Å². The molecule has 0 spiro atoms. The van der Waals surface area contributed by atoms with Crippen LogP contribution >= 0.6 is 0 Å². The zero-order valence-electron chi connectivity index (χ0n) is 25.3. The van der Waals surface area contributed by atoms with E-state index in [1.165, 1.54) is 17.7 Å². The van der Waals surface area contributed by atoms with Gasteiger partial charge < -0.3 is 14.0 Å². The van der Waals surface area contributed by atoms with Crippen molar-refractivity contribution in [1.29, 1.82) is 0 Å². The van der Waals surface area contributed by atoms with E-state index >= 15 is 0 Å². The van der Waals surface area contributed by atoms with Crippen molar-refractivity contribution in [2.75, 3.05) is 19.8 Å². The molecular weight excluding hydrogens is 538 g/mol. The van der Waals surface area contributed by atoms with Crippen LogP contribution in [0, 0.1) is 17.6 Å². The molecule has 0 aliphatic carbocycles. The Bertz CT molecular complexity index is 1270. The number of ether oxygens (including phenoxy) is 2. The van der Waals surface area contributed by atoms with E-state index in [1.807, 2.05) is 12.3 Å². The van der Waals surface area contributed by atoms with Crippen molar-refractivity contribution in [1.82, 2.24) is 14.5 Å². The minimum atomic E-state index is -0.726. The smallest absolute Gasteiger partial charge is 0.167 e. The third kappa shape index (κ3) is 10.4. The van der Waals surface area contributed by atoms with E-state index in [0.29, 0.717) is 24.1 Å². The first-order valence-corrected chi connectivity index (χ1v) is 14.7. The van der Waals surface area contributed by atoms with Gasteiger partial charge in [0.1, 0.15) is 17.9 Å². The fourth-order valence-electron chi connectivity index (χ4n) is 5.07. The first-order chi connectivity index (χ1) is 20.2. The van der Waals surface area contributed by atoms with Gasteiger partial charge in [0, 0.05) is 37.0 Å². The summed E-state index contributed by atoms with van der Waals surface area (Å²) in [5.41, 5.74) is 2.76. The molecule has 0 bridgehead atoms. The molecule has 42 heavy (non-hydrogen) atoms. The predicted molar refractivity (Wildman–Crippen MR) is 163 cm³/mol.